The van der Waals surface area contributed by atoms with Crippen molar-refractivity contribution in [3.05, 3.63) is 119 Å². The van der Waals surface area contributed by atoms with Gasteiger partial charge in [0, 0.05) is 38.6 Å². The predicted octanol–water partition coefficient (Wildman–Crippen LogP) is 5.31. The van der Waals surface area contributed by atoms with Gasteiger partial charge in [0.05, 0.1) is 11.4 Å². The molecule has 4 aromatic rings. The molecule has 1 atom stereocenters. The molecule has 0 bridgehead atoms. The van der Waals surface area contributed by atoms with Crippen molar-refractivity contribution >= 4 is 10.0 Å². The number of hydrogen-bond acceptors (Lipinski definition) is 4. The summed E-state index contributed by atoms with van der Waals surface area (Å²) in [5.74, 6) is 0.930. The lowest BCUT2D eigenvalue weighted by atomic mass is 9.86. The molecule has 7 heteroatoms. The number of nitrogens with one attached hydrogen (secondary N) is 1. The van der Waals surface area contributed by atoms with Gasteiger partial charge >= 0.3 is 0 Å². The summed E-state index contributed by atoms with van der Waals surface area (Å²) in [6, 6.07) is 26.0. The molecule has 0 spiro atoms. The quantitative estimate of drug-likeness (QED) is 0.338. The lowest BCUT2D eigenvalue weighted by molar-refractivity contribution is 0.157. The Bertz CT molecular complexity index is 1370. The smallest absolute Gasteiger partial charge is 0.243 e. The highest BCUT2D eigenvalue weighted by atomic mass is 32.2. The molecule has 0 amide bonds. The maximum atomic E-state index is 13.2. The zero-order valence-electron chi connectivity index (χ0n) is 20.5. The Morgan fingerprint density at radius 2 is 1.61 bits per heavy atom. The van der Waals surface area contributed by atoms with Crippen molar-refractivity contribution in [3.63, 3.8) is 0 Å². The average molecular weight is 501 g/mol. The van der Waals surface area contributed by atoms with Crippen molar-refractivity contribution in [1.29, 1.82) is 0 Å². The van der Waals surface area contributed by atoms with E-state index in [2.05, 4.69) is 39.1 Å². The molecule has 0 radical (unpaired) electrons. The molecule has 1 aromatic heterocycles. The third kappa shape index (κ3) is 5.43. The molecule has 0 saturated heterocycles. The lowest BCUT2D eigenvalue weighted by Gasteiger charge is -2.35. The molecule has 6 nitrogen and oxygen atoms in total. The fourth-order valence-electron chi connectivity index (χ4n) is 5.07. The summed E-state index contributed by atoms with van der Waals surface area (Å²) in [6.07, 6.45) is 7.00. The standard InChI is InChI=1S/C29H32N4O2S/c1-32(20-23-8-3-2-4-9-23)36(34,35)26-16-14-24(15-17-26)21-33(22-29-30-18-19-31-29)28-13-7-11-25-10-5-6-12-27(25)28/h2-6,8-10,12,14-19,28H,7,11,13,20-22H2,1H3,(H,30,31). The lowest BCUT2D eigenvalue weighted by Crippen LogP contribution is -2.31. The van der Waals surface area contributed by atoms with Crippen LogP contribution in [0.2, 0.25) is 0 Å². The number of aromatic nitrogens is 2. The maximum Gasteiger partial charge on any atom is 0.243 e. The van der Waals surface area contributed by atoms with Crippen LogP contribution in [0.25, 0.3) is 0 Å². The maximum absolute atomic E-state index is 13.2. The Balaban J connectivity index is 1.36. The van der Waals surface area contributed by atoms with E-state index in [1.807, 2.05) is 48.7 Å². The van der Waals surface area contributed by atoms with Crippen molar-refractivity contribution in [2.24, 2.45) is 0 Å². The Morgan fingerprint density at radius 1 is 0.889 bits per heavy atom. The van der Waals surface area contributed by atoms with E-state index in [1.54, 1.807) is 25.4 Å². The average Bonchev–Trinajstić information content (AvgIpc) is 3.42. The molecular weight excluding hydrogens is 468 g/mol. The second kappa shape index (κ2) is 10.8. The fraction of sp³-hybridized carbons (Fsp3) is 0.276. The van der Waals surface area contributed by atoms with Gasteiger partial charge < -0.3 is 4.98 Å². The first-order valence-corrected chi connectivity index (χ1v) is 13.8. The van der Waals surface area contributed by atoms with E-state index in [0.29, 0.717) is 30.6 Å². The highest BCUT2D eigenvalue weighted by molar-refractivity contribution is 7.89. The summed E-state index contributed by atoms with van der Waals surface area (Å²) in [5, 5.41) is 0. The molecule has 0 aliphatic heterocycles. The Hall–Kier alpha value is -3.26. The van der Waals surface area contributed by atoms with Gasteiger partial charge in [0.25, 0.3) is 0 Å². The minimum absolute atomic E-state index is 0.292. The third-order valence-corrected chi connectivity index (χ3v) is 8.77. The van der Waals surface area contributed by atoms with Gasteiger partial charge in [0.1, 0.15) is 5.82 Å². The minimum atomic E-state index is -3.58. The molecule has 0 fully saturated rings. The van der Waals surface area contributed by atoms with E-state index in [0.717, 1.165) is 36.2 Å². The second-order valence-electron chi connectivity index (χ2n) is 9.44. The summed E-state index contributed by atoms with van der Waals surface area (Å²) in [4.78, 5) is 10.5. The number of aryl methyl sites for hydroxylation is 1. The fourth-order valence-corrected chi connectivity index (χ4v) is 6.23. The van der Waals surface area contributed by atoms with Crippen molar-refractivity contribution in [3.8, 4) is 0 Å². The zero-order valence-corrected chi connectivity index (χ0v) is 21.4. The summed E-state index contributed by atoms with van der Waals surface area (Å²) < 4.78 is 27.7. The summed E-state index contributed by atoms with van der Waals surface area (Å²) >= 11 is 0. The normalized spacial score (nSPS) is 15.8. The van der Waals surface area contributed by atoms with Crippen LogP contribution in [-0.4, -0.2) is 34.6 Å². The number of sulfonamides is 1. The number of aromatic amines is 1. The molecule has 36 heavy (non-hydrogen) atoms. The Kier molecular flexibility index (Phi) is 7.32. The highest BCUT2D eigenvalue weighted by Gasteiger charge is 2.27. The van der Waals surface area contributed by atoms with Gasteiger partial charge in [-0.1, -0.05) is 66.7 Å². The van der Waals surface area contributed by atoms with Gasteiger partial charge in [-0.25, -0.2) is 13.4 Å². The first-order valence-electron chi connectivity index (χ1n) is 12.4. The molecule has 3 aromatic carbocycles. The molecule has 186 valence electrons. The van der Waals surface area contributed by atoms with Crippen molar-refractivity contribution in [1.82, 2.24) is 19.2 Å². The van der Waals surface area contributed by atoms with E-state index in [-0.39, 0.29) is 0 Å². The van der Waals surface area contributed by atoms with E-state index in [9.17, 15) is 8.42 Å². The van der Waals surface area contributed by atoms with Crippen LogP contribution in [-0.2, 0) is 36.1 Å². The predicted molar refractivity (Wildman–Crippen MR) is 141 cm³/mol. The monoisotopic (exact) mass is 500 g/mol. The SMILES string of the molecule is CN(Cc1ccccc1)S(=O)(=O)c1ccc(CN(Cc2ncc[nH]2)C2CCCc3ccccc32)cc1. The number of fused-ring (bicyclic) bond motifs is 1. The van der Waals surface area contributed by atoms with E-state index < -0.39 is 10.0 Å². The van der Waals surface area contributed by atoms with Crippen LogP contribution in [0.15, 0.2) is 96.2 Å². The molecule has 1 unspecified atom stereocenters. The van der Waals surface area contributed by atoms with Crippen LogP contribution in [0.5, 0.6) is 0 Å². The van der Waals surface area contributed by atoms with Crippen LogP contribution < -0.4 is 0 Å². The first kappa shape index (κ1) is 24.4. The topological polar surface area (TPSA) is 69.3 Å². The number of H-pyrrole nitrogens is 1. The van der Waals surface area contributed by atoms with Gasteiger partial charge in [0.15, 0.2) is 0 Å². The molecule has 1 aliphatic carbocycles. The van der Waals surface area contributed by atoms with Crippen LogP contribution in [0.1, 0.15) is 47.0 Å². The minimum Gasteiger partial charge on any atom is -0.348 e. The van der Waals surface area contributed by atoms with E-state index >= 15 is 0 Å². The van der Waals surface area contributed by atoms with Crippen LogP contribution in [0.3, 0.4) is 0 Å². The molecule has 0 saturated carbocycles. The van der Waals surface area contributed by atoms with Gasteiger partial charge in [0.2, 0.25) is 10.0 Å². The highest BCUT2D eigenvalue weighted by Crippen LogP contribution is 2.36. The number of benzene rings is 3. The van der Waals surface area contributed by atoms with Crippen LogP contribution in [0, 0.1) is 0 Å². The largest absolute Gasteiger partial charge is 0.348 e. The van der Waals surface area contributed by atoms with Gasteiger partial charge in [-0.15, -0.1) is 0 Å². The summed E-state index contributed by atoms with van der Waals surface area (Å²) in [5.41, 5.74) is 4.84. The van der Waals surface area contributed by atoms with Crippen molar-refractivity contribution in [2.45, 2.75) is 49.8 Å². The number of imidazole rings is 1. The van der Waals surface area contributed by atoms with E-state index in [4.69, 9.17) is 0 Å². The number of hydrogen-bond donors (Lipinski definition) is 1. The van der Waals surface area contributed by atoms with Gasteiger partial charge in [-0.05, 0) is 53.6 Å². The van der Waals surface area contributed by atoms with E-state index in [1.165, 1.54) is 15.4 Å². The first-order chi connectivity index (χ1) is 17.5. The van der Waals surface area contributed by atoms with Gasteiger partial charge in [-0.3, -0.25) is 4.90 Å². The second-order valence-corrected chi connectivity index (χ2v) is 11.5. The molecular formula is C29H32N4O2S. The van der Waals surface area contributed by atoms with Crippen molar-refractivity contribution in [2.75, 3.05) is 7.05 Å². The Labute approximate surface area is 213 Å². The summed E-state index contributed by atoms with van der Waals surface area (Å²) in [6.45, 7) is 1.74. The number of nitrogens with zero attached hydrogens (tertiary/aromatic N) is 3. The van der Waals surface area contributed by atoms with Crippen molar-refractivity contribution < 1.29 is 8.42 Å². The molecule has 1 aliphatic rings. The molecule has 1 N–H and O–H groups in total. The third-order valence-electron chi connectivity index (χ3n) is 6.95. The molecule has 5 rings (SSSR count). The zero-order chi connectivity index (χ0) is 25.0. The van der Waals surface area contributed by atoms with Crippen LogP contribution in [0.4, 0.5) is 0 Å². The van der Waals surface area contributed by atoms with Gasteiger partial charge in [-0.2, -0.15) is 4.31 Å². The molecule has 1 heterocycles. The number of rotatable bonds is 9. The van der Waals surface area contributed by atoms with Crippen LogP contribution >= 0.6 is 0 Å². The summed E-state index contributed by atoms with van der Waals surface area (Å²) in [7, 11) is -1.95. The Morgan fingerprint density at radius 3 is 2.36 bits per heavy atom.